The summed E-state index contributed by atoms with van der Waals surface area (Å²) in [5.41, 5.74) is 4.06. The molecule has 0 spiro atoms. The van der Waals surface area contributed by atoms with Gasteiger partial charge in [0, 0.05) is 6.20 Å². The molecule has 0 atom stereocenters. The third kappa shape index (κ3) is 3.79. The molecule has 0 unspecified atom stereocenters. The first-order chi connectivity index (χ1) is 13.2. The molecule has 4 aromatic rings. The molecule has 6 heteroatoms. The first-order valence-electron chi connectivity index (χ1n) is 8.64. The smallest absolute Gasteiger partial charge is 0.324 e. The molecule has 2 aromatic carbocycles. The molecule has 27 heavy (non-hydrogen) atoms. The van der Waals surface area contributed by atoms with Crippen LogP contribution in [0.1, 0.15) is 11.1 Å². The Hall–Kier alpha value is -3.67. The second kappa shape index (κ2) is 7.29. The van der Waals surface area contributed by atoms with Crippen molar-refractivity contribution in [3.05, 3.63) is 94.7 Å². The number of amides is 1. The number of fused-ring (bicyclic) bond motifs is 1. The summed E-state index contributed by atoms with van der Waals surface area (Å²) in [7, 11) is 0. The number of rotatable bonds is 5. The number of carbonyl (C=O) groups excluding carboxylic acids is 1. The summed E-state index contributed by atoms with van der Waals surface area (Å²) < 4.78 is 1.70. The van der Waals surface area contributed by atoms with Crippen LogP contribution in [0.4, 0.5) is 5.69 Å². The van der Waals surface area contributed by atoms with E-state index in [2.05, 4.69) is 15.3 Å². The molecule has 0 aliphatic heterocycles. The van der Waals surface area contributed by atoms with Crippen LogP contribution in [-0.4, -0.2) is 20.4 Å². The highest BCUT2D eigenvalue weighted by atomic mass is 16.2. The number of pyridine rings is 1. The Bertz CT molecular complexity index is 1150. The molecule has 4 rings (SSSR count). The van der Waals surface area contributed by atoms with Gasteiger partial charge in [0.25, 0.3) is 0 Å². The highest BCUT2D eigenvalue weighted by Gasteiger charge is 2.08. The lowest BCUT2D eigenvalue weighted by Crippen LogP contribution is -2.18. The van der Waals surface area contributed by atoms with Gasteiger partial charge in [0.2, 0.25) is 5.91 Å². The minimum atomic E-state index is -0.143. The number of hydrogen-bond donors (Lipinski definition) is 2. The van der Waals surface area contributed by atoms with E-state index in [9.17, 15) is 9.59 Å². The van der Waals surface area contributed by atoms with Gasteiger partial charge in [0.15, 0.2) is 0 Å². The van der Waals surface area contributed by atoms with Crippen molar-refractivity contribution in [1.29, 1.82) is 0 Å². The summed E-state index contributed by atoms with van der Waals surface area (Å²) >= 11 is 0. The highest BCUT2D eigenvalue weighted by Crippen LogP contribution is 2.13. The number of benzene rings is 2. The molecule has 0 bridgehead atoms. The van der Waals surface area contributed by atoms with Gasteiger partial charge >= 0.3 is 5.69 Å². The van der Waals surface area contributed by atoms with Gasteiger partial charge in [-0.3, -0.25) is 14.3 Å². The molecule has 0 fully saturated rings. The van der Waals surface area contributed by atoms with Gasteiger partial charge in [0.05, 0.1) is 35.9 Å². The molecular weight excluding hydrogens is 340 g/mol. The maximum absolute atomic E-state index is 12.2. The minimum absolute atomic E-state index is 0.107. The zero-order valence-electron chi connectivity index (χ0n) is 14.6. The standard InChI is InChI=1S/C21H18N4O2/c26-20(23-17-7-4-10-22-13-17)12-15-5-3-6-16(11-15)14-25-19-9-2-1-8-18(19)24-21(25)27/h1-11,13H,12,14H2,(H,23,26)(H,24,27). The van der Waals surface area contributed by atoms with E-state index in [0.717, 1.165) is 22.2 Å². The predicted octanol–water partition coefficient (Wildman–Crippen LogP) is 2.95. The highest BCUT2D eigenvalue weighted by molar-refractivity contribution is 5.92. The van der Waals surface area contributed by atoms with Crippen molar-refractivity contribution in [2.45, 2.75) is 13.0 Å². The SMILES string of the molecule is O=C(Cc1cccc(Cn2c(=O)[nH]c3ccccc32)c1)Nc1cccnc1. The molecule has 0 saturated carbocycles. The predicted molar refractivity (Wildman–Crippen MR) is 105 cm³/mol. The Balaban J connectivity index is 1.51. The number of nitrogens with zero attached hydrogens (tertiary/aromatic N) is 2. The lowest BCUT2D eigenvalue weighted by Gasteiger charge is -2.08. The second-order valence-corrected chi connectivity index (χ2v) is 6.32. The van der Waals surface area contributed by atoms with E-state index < -0.39 is 0 Å². The Kier molecular flexibility index (Phi) is 4.53. The average molecular weight is 358 g/mol. The number of aromatic amines is 1. The number of nitrogens with one attached hydrogen (secondary N) is 2. The van der Waals surface area contributed by atoms with Crippen molar-refractivity contribution in [3.63, 3.8) is 0 Å². The first-order valence-corrected chi connectivity index (χ1v) is 8.64. The average Bonchev–Trinajstić information content (AvgIpc) is 2.98. The fraction of sp³-hybridized carbons (Fsp3) is 0.0952. The van der Waals surface area contributed by atoms with Crippen LogP contribution < -0.4 is 11.0 Å². The summed E-state index contributed by atoms with van der Waals surface area (Å²) in [6.07, 6.45) is 3.52. The van der Waals surface area contributed by atoms with Crippen LogP contribution in [0.5, 0.6) is 0 Å². The van der Waals surface area contributed by atoms with Gasteiger partial charge in [-0.25, -0.2) is 4.79 Å². The first kappa shape index (κ1) is 16.8. The van der Waals surface area contributed by atoms with E-state index in [-0.39, 0.29) is 18.0 Å². The van der Waals surface area contributed by atoms with Crippen LogP contribution in [0.15, 0.2) is 77.9 Å². The molecule has 1 amide bonds. The monoisotopic (exact) mass is 358 g/mol. The third-order valence-electron chi connectivity index (χ3n) is 4.32. The van der Waals surface area contributed by atoms with Crippen LogP contribution in [0.25, 0.3) is 11.0 Å². The number of H-pyrrole nitrogens is 1. The normalized spacial score (nSPS) is 10.8. The lowest BCUT2D eigenvalue weighted by atomic mass is 10.1. The fourth-order valence-corrected chi connectivity index (χ4v) is 3.11. The van der Waals surface area contributed by atoms with Crippen molar-refractivity contribution in [2.24, 2.45) is 0 Å². The summed E-state index contributed by atoms with van der Waals surface area (Å²) in [4.78, 5) is 31.3. The Labute approximate surface area is 155 Å². The maximum atomic E-state index is 12.2. The van der Waals surface area contributed by atoms with Gasteiger partial charge < -0.3 is 10.3 Å². The van der Waals surface area contributed by atoms with Crippen molar-refractivity contribution >= 4 is 22.6 Å². The lowest BCUT2D eigenvalue weighted by molar-refractivity contribution is -0.115. The Morgan fingerprint density at radius 3 is 2.74 bits per heavy atom. The van der Waals surface area contributed by atoms with Crippen molar-refractivity contribution in [3.8, 4) is 0 Å². The quantitative estimate of drug-likeness (QED) is 0.576. The van der Waals surface area contributed by atoms with Crippen LogP contribution in [0.2, 0.25) is 0 Å². The summed E-state index contributed by atoms with van der Waals surface area (Å²) in [5, 5.41) is 2.83. The zero-order valence-corrected chi connectivity index (χ0v) is 14.6. The molecule has 0 saturated heterocycles. The third-order valence-corrected chi connectivity index (χ3v) is 4.32. The van der Waals surface area contributed by atoms with Gasteiger partial charge in [-0.2, -0.15) is 0 Å². The topological polar surface area (TPSA) is 79.8 Å². The molecular formula is C21H18N4O2. The molecule has 6 nitrogen and oxygen atoms in total. The van der Waals surface area contributed by atoms with E-state index in [1.54, 1.807) is 29.1 Å². The van der Waals surface area contributed by atoms with Crippen molar-refractivity contribution < 1.29 is 4.79 Å². The molecule has 2 N–H and O–H groups in total. The number of imidazole rings is 1. The van der Waals surface area contributed by atoms with Gasteiger partial charge in [-0.05, 0) is 35.4 Å². The van der Waals surface area contributed by atoms with Crippen molar-refractivity contribution in [1.82, 2.24) is 14.5 Å². The Morgan fingerprint density at radius 1 is 1.04 bits per heavy atom. The fourth-order valence-electron chi connectivity index (χ4n) is 3.11. The van der Waals surface area contributed by atoms with Crippen molar-refractivity contribution in [2.75, 3.05) is 5.32 Å². The molecule has 2 heterocycles. The summed E-state index contributed by atoms with van der Waals surface area (Å²) in [6.45, 7) is 0.445. The van der Waals surface area contributed by atoms with Crippen LogP contribution in [0.3, 0.4) is 0 Å². The van der Waals surface area contributed by atoms with Crippen LogP contribution in [0, 0.1) is 0 Å². The maximum Gasteiger partial charge on any atom is 0.326 e. The van der Waals surface area contributed by atoms with Gasteiger partial charge in [-0.15, -0.1) is 0 Å². The van der Waals surface area contributed by atoms with Crippen LogP contribution >= 0.6 is 0 Å². The van der Waals surface area contributed by atoms with E-state index in [1.165, 1.54) is 0 Å². The molecule has 0 aliphatic rings. The minimum Gasteiger partial charge on any atom is -0.324 e. The number of hydrogen-bond acceptors (Lipinski definition) is 3. The largest absolute Gasteiger partial charge is 0.326 e. The van der Waals surface area contributed by atoms with Crippen LogP contribution in [-0.2, 0) is 17.8 Å². The van der Waals surface area contributed by atoms with E-state index >= 15 is 0 Å². The Morgan fingerprint density at radius 2 is 1.89 bits per heavy atom. The second-order valence-electron chi connectivity index (χ2n) is 6.32. The molecule has 0 aliphatic carbocycles. The van der Waals surface area contributed by atoms with E-state index in [1.807, 2.05) is 48.5 Å². The summed E-state index contributed by atoms with van der Waals surface area (Å²) in [6, 6.07) is 18.9. The number of anilines is 1. The molecule has 2 aromatic heterocycles. The number of aromatic nitrogens is 3. The van der Waals surface area contributed by atoms with Gasteiger partial charge in [0.1, 0.15) is 0 Å². The van der Waals surface area contributed by atoms with E-state index in [0.29, 0.717) is 12.2 Å². The number of para-hydroxylation sites is 2. The van der Waals surface area contributed by atoms with E-state index in [4.69, 9.17) is 0 Å². The molecule has 134 valence electrons. The summed E-state index contributed by atoms with van der Waals surface area (Å²) in [5.74, 6) is -0.107. The number of carbonyl (C=O) groups is 1. The zero-order chi connectivity index (χ0) is 18.6. The molecule has 0 radical (unpaired) electrons. The van der Waals surface area contributed by atoms with Gasteiger partial charge in [-0.1, -0.05) is 36.4 Å².